The van der Waals surface area contributed by atoms with Gasteiger partial charge in [-0.15, -0.1) is 0 Å². The van der Waals surface area contributed by atoms with Gasteiger partial charge in [0.05, 0.1) is 0 Å². The van der Waals surface area contributed by atoms with Gasteiger partial charge in [-0.3, -0.25) is 14.4 Å². The number of hydrogen-bond donors (Lipinski definition) is 0. The Kier molecular flexibility index (Phi) is 51.5. The maximum absolute atomic E-state index is 12.8. The van der Waals surface area contributed by atoms with Crippen LogP contribution in [0.2, 0.25) is 0 Å². The Bertz CT molecular complexity index is 1390. The third-order valence-electron chi connectivity index (χ3n) is 11.2. The van der Waals surface area contributed by atoms with E-state index >= 15 is 0 Å². The van der Waals surface area contributed by atoms with E-state index in [0.29, 0.717) is 19.3 Å². The number of rotatable bonds is 48. The van der Waals surface area contributed by atoms with Crippen LogP contribution in [0, 0.1) is 0 Å². The summed E-state index contributed by atoms with van der Waals surface area (Å²) in [6, 6.07) is 0. The first-order chi connectivity index (χ1) is 33.0. The first-order valence-electron chi connectivity index (χ1n) is 27.4. The lowest BCUT2D eigenvalue weighted by molar-refractivity contribution is -0.167. The fraction of sp³-hybridized carbons (Fsp3) is 0.656. The van der Waals surface area contributed by atoms with Crippen LogP contribution < -0.4 is 0 Å². The van der Waals surface area contributed by atoms with Gasteiger partial charge in [-0.2, -0.15) is 0 Å². The largest absolute Gasteiger partial charge is 0.462 e. The molecule has 0 saturated carbocycles. The standard InChI is InChI=1S/C61H100O6/c1-4-7-10-13-16-19-22-25-28-30-33-36-39-42-45-48-51-54-60(63)66-57-58(56-65-59(62)53-50-47-44-41-38-35-32-27-24-21-18-15-12-9-6-3)67-61(64)55-52-49-46-43-40-37-34-31-29-26-23-20-17-14-11-8-5-2/h7,10,16-17,19-20,25-29,32-34,36-37,43,46,58H,4-6,8-9,11-15,18,21-24,30-31,35,38-42,44-45,47-57H2,1-3H3/b10-7-,19-16-,20-17-,28-25-,29-26-,32-27-,36-33-,37-34-,46-43-/t58-/m0/s1. The van der Waals surface area contributed by atoms with Gasteiger partial charge in [-0.05, 0) is 122 Å². The molecule has 0 saturated heterocycles. The molecular formula is C61H100O6. The molecule has 6 heteroatoms. The van der Waals surface area contributed by atoms with Crippen LogP contribution in [-0.4, -0.2) is 37.2 Å². The second kappa shape index (κ2) is 54.7. The molecule has 6 nitrogen and oxygen atoms in total. The Morgan fingerprint density at radius 2 is 0.597 bits per heavy atom. The molecular weight excluding hydrogens is 829 g/mol. The highest BCUT2D eigenvalue weighted by Gasteiger charge is 2.19. The van der Waals surface area contributed by atoms with Crippen molar-refractivity contribution in [2.45, 2.75) is 245 Å². The summed E-state index contributed by atoms with van der Waals surface area (Å²) >= 11 is 0. The first kappa shape index (κ1) is 63.1. The quantitative estimate of drug-likeness (QED) is 0.0262. The average Bonchev–Trinajstić information content (AvgIpc) is 3.33. The minimum Gasteiger partial charge on any atom is -0.462 e. The Morgan fingerprint density at radius 1 is 0.313 bits per heavy atom. The normalized spacial score (nSPS) is 12.9. The van der Waals surface area contributed by atoms with Crippen molar-refractivity contribution >= 4 is 17.9 Å². The molecule has 380 valence electrons. The number of ether oxygens (including phenoxy) is 3. The lowest BCUT2D eigenvalue weighted by atomic mass is 10.1. The highest BCUT2D eigenvalue weighted by molar-refractivity contribution is 5.71. The van der Waals surface area contributed by atoms with Crippen molar-refractivity contribution in [3.8, 4) is 0 Å². The Labute approximate surface area is 412 Å². The predicted octanol–water partition coefficient (Wildman–Crippen LogP) is 18.3. The van der Waals surface area contributed by atoms with Crippen molar-refractivity contribution < 1.29 is 28.6 Å². The van der Waals surface area contributed by atoms with Crippen molar-refractivity contribution in [1.29, 1.82) is 0 Å². The molecule has 0 aromatic heterocycles. The second-order valence-corrected chi connectivity index (χ2v) is 17.7. The van der Waals surface area contributed by atoms with Crippen LogP contribution in [0.15, 0.2) is 109 Å². The molecule has 67 heavy (non-hydrogen) atoms. The van der Waals surface area contributed by atoms with E-state index in [1.54, 1.807) is 0 Å². The van der Waals surface area contributed by atoms with E-state index in [1.807, 2.05) is 0 Å². The van der Waals surface area contributed by atoms with Crippen LogP contribution in [0.25, 0.3) is 0 Å². The SMILES string of the molecule is CC/C=C\C/C=C\C/C=C\C/C=C\CCCCCCC(=O)OC[C@H](COC(=O)CCCCCCC/C=C\CCCCCCCC)OC(=O)CCC/C=C\C/C=C\C/C=C\C/C=C\CCCCC. The third-order valence-corrected chi connectivity index (χ3v) is 11.2. The zero-order valence-corrected chi connectivity index (χ0v) is 43.4. The summed E-state index contributed by atoms with van der Waals surface area (Å²) in [6.07, 6.45) is 73.6. The van der Waals surface area contributed by atoms with Gasteiger partial charge < -0.3 is 14.2 Å². The molecule has 0 aliphatic carbocycles. The lowest BCUT2D eigenvalue weighted by Crippen LogP contribution is -2.30. The van der Waals surface area contributed by atoms with Gasteiger partial charge in [0, 0.05) is 19.3 Å². The minimum absolute atomic E-state index is 0.114. The smallest absolute Gasteiger partial charge is 0.306 e. The molecule has 0 heterocycles. The highest BCUT2D eigenvalue weighted by Crippen LogP contribution is 2.13. The summed E-state index contributed by atoms with van der Waals surface area (Å²) < 4.78 is 16.8. The number of unbranched alkanes of at least 4 members (excludes halogenated alkanes) is 19. The van der Waals surface area contributed by atoms with E-state index in [9.17, 15) is 14.4 Å². The molecule has 0 aliphatic rings. The van der Waals surface area contributed by atoms with E-state index in [4.69, 9.17) is 14.2 Å². The average molecular weight is 929 g/mol. The monoisotopic (exact) mass is 929 g/mol. The van der Waals surface area contributed by atoms with E-state index in [2.05, 4.69) is 130 Å². The molecule has 0 rings (SSSR count). The van der Waals surface area contributed by atoms with Crippen LogP contribution in [0.1, 0.15) is 239 Å². The summed E-state index contributed by atoms with van der Waals surface area (Å²) in [5.41, 5.74) is 0. The zero-order valence-electron chi connectivity index (χ0n) is 43.4. The molecule has 0 amide bonds. The fourth-order valence-corrected chi connectivity index (χ4v) is 7.13. The summed E-state index contributed by atoms with van der Waals surface area (Å²) in [4.78, 5) is 38.1. The van der Waals surface area contributed by atoms with Crippen molar-refractivity contribution in [1.82, 2.24) is 0 Å². The van der Waals surface area contributed by atoms with E-state index in [-0.39, 0.29) is 37.5 Å². The van der Waals surface area contributed by atoms with Gasteiger partial charge in [-0.25, -0.2) is 0 Å². The number of allylic oxidation sites excluding steroid dienone is 18. The fourth-order valence-electron chi connectivity index (χ4n) is 7.13. The molecule has 0 aliphatic heterocycles. The van der Waals surface area contributed by atoms with Crippen LogP contribution in [0.3, 0.4) is 0 Å². The van der Waals surface area contributed by atoms with Crippen molar-refractivity contribution in [2.24, 2.45) is 0 Å². The van der Waals surface area contributed by atoms with Gasteiger partial charge in [0.25, 0.3) is 0 Å². The number of carbonyl (C=O) groups is 3. The summed E-state index contributed by atoms with van der Waals surface area (Å²) in [5, 5.41) is 0. The molecule has 1 atom stereocenters. The van der Waals surface area contributed by atoms with E-state index in [1.165, 1.54) is 77.0 Å². The zero-order chi connectivity index (χ0) is 48.6. The summed E-state index contributed by atoms with van der Waals surface area (Å²) in [6.45, 7) is 6.41. The maximum atomic E-state index is 12.8. The first-order valence-corrected chi connectivity index (χ1v) is 27.4. The Balaban J connectivity index is 4.55. The Morgan fingerprint density at radius 3 is 1.00 bits per heavy atom. The third kappa shape index (κ3) is 52.9. The van der Waals surface area contributed by atoms with Gasteiger partial charge in [-0.1, -0.05) is 207 Å². The Hall–Kier alpha value is -3.93. The van der Waals surface area contributed by atoms with Crippen molar-refractivity contribution in [2.75, 3.05) is 13.2 Å². The lowest BCUT2D eigenvalue weighted by Gasteiger charge is -2.18. The van der Waals surface area contributed by atoms with Gasteiger partial charge in [0.2, 0.25) is 0 Å². The summed E-state index contributed by atoms with van der Waals surface area (Å²) in [7, 11) is 0. The molecule has 0 unspecified atom stereocenters. The van der Waals surface area contributed by atoms with Crippen LogP contribution in [-0.2, 0) is 28.6 Å². The minimum atomic E-state index is -0.822. The molecule has 0 bridgehead atoms. The predicted molar refractivity (Wildman–Crippen MR) is 288 cm³/mol. The van der Waals surface area contributed by atoms with Gasteiger partial charge in [0.15, 0.2) is 6.10 Å². The van der Waals surface area contributed by atoms with E-state index in [0.717, 1.165) is 116 Å². The second-order valence-electron chi connectivity index (χ2n) is 17.7. The highest BCUT2D eigenvalue weighted by atomic mass is 16.6. The molecule has 0 spiro atoms. The molecule has 0 radical (unpaired) electrons. The van der Waals surface area contributed by atoms with Crippen molar-refractivity contribution in [3.63, 3.8) is 0 Å². The number of carbonyl (C=O) groups excluding carboxylic acids is 3. The summed E-state index contributed by atoms with van der Waals surface area (Å²) in [5.74, 6) is -1.01. The van der Waals surface area contributed by atoms with E-state index < -0.39 is 6.10 Å². The maximum Gasteiger partial charge on any atom is 0.306 e. The van der Waals surface area contributed by atoms with Crippen LogP contribution in [0.5, 0.6) is 0 Å². The molecule has 0 aromatic carbocycles. The van der Waals surface area contributed by atoms with Gasteiger partial charge >= 0.3 is 17.9 Å². The molecule has 0 N–H and O–H groups in total. The van der Waals surface area contributed by atoms with Crippen molar-refractivity contribution in [3.05, 3.63) is 109 Å². The van der Waals surface area contributed by atoms with Crippen LogP contribution in [0.4, 0.5) is 0 Å². The van der Waals surface area contributed by atoms with Gasteiger partial charge in [0.1, 0.15) is 13.2 Å². The molecule has 0 fully saturated rings. The number of hydrogen-bond acceptors (Lipinski definition) is 6. The molecule has 0 aromatic rings. The van der Waals surface area contributed by atoms with Crippen LogP contribution >= 0.6 is 0 Å². The number of esters is 3. The topological polar surface area (TPSA) is 78.9 Å².